The van der Waals surface area contributed by atoms with Gasteiger partial charge >= 0.3 is 0 Å². The van der Waals surface area contributed by atoms with Crippen LogP contribution in [0.2, 0.25) is 0 Å². The van der Waals surface area contributed by atoms with Gasteiger partial charge < -0.3 is 14.2 Å². The first-order chi connectivity index (χ1) is 15.3. The quantitative estimate of drug-likeness (QED) is 0.444. The van der Waals surface area contributed by atoms with Gasteiger partial charge in [-0.3, -0.25) is 9.78 Å². The van der Waals surface area contributed by atoms with E-state index < -0.39 is 0 Å². The third-order valence-electron chi connectivity index (χ3n) is 6.03. The molecule has 5 nitrogen and oxygen atoms in total. The number of hydrogen-bond acceptors (Lipinski definition) is 4. The van der Waals surface area contributed by atoms with Gasteiger partial charge in [0.2, 0.25) is 0 Å². The molecule has 0 aliphatic carbocycles. The first-order valence-corrected chi connectivity index (χ1v) is 11.0. The van der Waals surface area contributed by atoms with Crippen LogP contribution in [0.25, 0.3) is 22.7 Å². The number of fused-ring (bicyclic) bond motifs is 1. The van der Waals surface area contributed by atoms with Gasteiger partial charge in [0.15, 0.2) is 0 Å². The number of rotatable bonds is 10. The third kappa shape index (κ3) is 5.17. The zero-order chi connectivity index (χ0) is 23.3. The van der Waals surface area contributed by atoms with Gasteiger partial charge in [0.1, 0.15) is 0 Å². The summed E-state index contributed by atoms with van der Waals surface area (Å²) in [6, 6.07) is 14.1. The zero-order valence-electron chi connectivity index (χ0n) is 19.5. The number of para-hydroxylation sites is 1. The first-order valence-electron chi connectivity index (χ1n) is 11.0. The number of methoxy groups -OCH3 is 1. The highest BCUT2D eigenvalue weighted by atomic mass is 16.5. The molecule has 0 N–H and O–H groups in total. The van der Waals surface area contributed by atoms with Crippen molar-refractivity contribution < 1.29 is 4.74 Å². The van der Waals surface area contributed by atoms with Gasteiger partial charge in [-0.25, -0.2) is 0 Å². The van der Waals surface area contributed by atoms with Gasteiger partial charge in [0.25, 0.3) is 5.56 Å². The van der Waals surface area contributed by atoms with Crippen LogP contribution in [0, 0.1) is 0 Å². The number of benzene rings is 1. The Balaban J connectivity index is 1.87. The minimum absolute atomic E-state index is 0.0552. The molecule has 5 heteroatoms. The number of hydrogen-bond donors (Lipinski definition) is 0. The summed E-state index contributed by atoms with van der Waals surface area (Å²) < 4.78 is 7.12. The second kappa shape index (κ2) is 10.4. The van der Waals surface area contributed by atoms with E-state index in [1.54, 1.807) is 17.8 Å². The van der Waals surface area contributed by atoms with Crippen molar-refractivity contribution in [3.05, 3.63) is 89.0 Å². The SMILES string of the molecule is C=Cc1ccn(C(C)Cc2ccc3ccccc3n2)c(=O)c1C(=C)N(C)CCC(C)OC. The summed E-state index contributed by atoms with van der Waals surface area (Å²) in [7, 11) is 3.66. The summed E-state index contributed by atoms with van der Waals surface area (Å²) in [5.41, 5.74) is 3.94. The number of aromatic nitrogens is 2. The van der Waals surface area contributed by atoms with Gasteiger partial charge in [0, 0.05) is 56.1 Å². The molecular formula is C27H33N3O2. The van der Waals surface area contributed by atoms with Crippen molar-refractivity contribution in [2.75, 3.05) is 20.7 Å². The lowest BCUT2D eigenvalue weighted by Gasteiger charge is -2.25. The van der Waals surface area contributed by atoms with Crippen LogP contribution in [0.15, 0.2) is 66.6 Å². The summed E-state index contributed by atoms with van der Waals surface area (Å²) in [6.07, 6.45) is 5.21. The molecule has 0 bridgehead atoms. The van der Waals surface area contributed by atoms with Crippen LogP contribution < -0.4 is 5.56 Å². The van der Waals surface area contributed by atoms with Crippen LogP contribution in [0.4, 0.5) is 0 Å². The topological polar surface area (TPSA) is 47.4 Å². The van der Waals surface area contributed by atoms with Gasteiger partial charge in [-0.15, -0.1) is 0 Å². The molecule has 0 saturated carbocycles. The monoisotopic (exact) mass is 431 g/mol. The summed E-state index contributed by atoms with van der Waals surface area (Å²) in [5.74, 6) is 0. The fourth-order valence-electron chi connectivity index (χ4n) is 3.81. The number of ether oxygens (including phenoxy) is 1. The summed E-state index contributed by atoms with van der Waals surface area (Å²) >= 11 is 0. The summed E-state index contributed by atoms with van der Waals surface area (Å²) in [5, 5.41) is 1.11. The number of nitrogens with zero attached hydrogens (tertiary/aromatic N) is 3. The largest absolute Gasteiger partial charge is 0.382 e. The van der Waals surface area contributed by atoms with Gasteiger partial charge in [-0.1, -0.05) is 43.5 Å². The van der Waals surface area contributed by atoms with Crippen LogP contribution in [0.5, 0.6) is 0 Å². The highest BCUT2D eigenvalue weighted by Crippen LogP contribution is 2.21. The Hall–Kier alpha value is -3.18. The minimum Gasteiger partial charge on any atom is -0.382 e. The Morgan fingerprint density at radius 3 is 2.69 bits per heavy atom. The van der Waals surface area contributed by atoms with Gasteiger partial charge in [-0.2, -0.15) is 0 Å². The van der Waals surface area contributed by atoms with Crippen LogP contribution in [0.3, 0.4) is 0 Å². The zero-order valence-corrected chi connectivity index (χ0v) is 19.5. The third-order valence-corrected chi connectivity index (χ3v) is 6.03. The lowest BCUT2D eigenvalue weighted by atomic mass is 10.0. The van der Waals surface area contributed by atoms with Crippen LogP contribution in [-0.4, -0.2) is 41.3 Å². The Morgan fingerprint density at radius 2 is 1.97 bits per heavy atom. The first kappa shape index (κ1) is 23.5. The van der Waals surface area contributed by atoms with Gasteiger partial charge in [0.05, 0.1) is 17.2 Å². The summed E-state index contributed by atoms with van der Waals surface area (Å²) in [4.78, 5) is 20.3. The van der Waals surface area contributed by atoms with Crippen LogP contribution >= 0.6 is 0 Å². The maximum Gasteiger partial charge on any atom is 0.260 e. The average molecular weight is 432 g/mol. The molecule has 2 heterocycles. The second-order valence-electron chi connectivity index (χ2n) is 8.31. The highest BCUT2D eigenvalue weighted by molar-refractivity contribution is 5.78. The van der Waals surface area contributed by atoms with Crippen molar-refractivity contribution in [1.29, 1.82) is 0 Å². The molecule has 3 aromatic rings. The Morgan fingerprint density at radius 1 is 1.22 bits per heavy atom. The minimum atomic E-state index is -0.0627. The highest BCUT2D eigenvalue weighted by Gasteiger charge is 2.18. The van der Waals surface area contributed by atoms with E-state index in [4.69, 9.17) is 9.72 Å². The molecule has 0 fully saturated rings. The molecule has 32 heavy (non-hydrogen) atoms. The predicted molar refractivity (Wildman–Crippen MR) is 134 cm³/mol. The van der Waals surface area contributed by atoms with E-state index in [-0.39, 0.29) is 17.7 Å². The van der Waals surface area contributed by atoms with Crippen LogP contribution in [-0.2, 0) is 11.2 Å². The fourth-order valence-corrected chi connectivity index (χ4v) is 3.81. The van der Waals surface area contributed by atoms with Crippen molar-refractivity contribution in [3.8, 4) is 0 Å². The summed E-state index contributed by atoms with van der Waals surface area (Å²) in [6.45, 7) is 12.9. The van der Waals surface area contributed by atoms with E-state index in [1.807, 2.05) is 62.3 Å². The Bertz CT molecular complexity index is 1170. The molecule has 0 aliphatic heterocycles. The fraction of sp³-hybridized carbons (Fsp3) is 0.333. The average Bonchev–Trinajstić information content (AvgIpc) is 2.81. The molecule has 168 valence electrons. The Labute approximate surface area is 190 Å². The van der Waals surface area contributed by atoms with Crippen LogP contribution in [0.1, 0.15) is 43.1 Å². The normalized spacial score (nSPS) is 13.0. The lowest BCUT2D eigenvalue weighted by Crippen LogP contribution is -2.31. The second-order valence-corrected chi connectivity index (χ2v) is 8.31. The molecule has 0 saturated heterocycles. The van der Waals surface area contributed by atoms with E-state index in [9.17, 15) is 4.79 Å². The molecule has 2 aromatic heterocycles. The van der Waals surface area contributed by atoms with Crippen molar-refractivity contribution >= 4 is 22.7 Å². The van der Waals surface area contributed by atoms with Crippen molar-refractivity contribution in [3.63, 3.8) is 0 Å². The number of pyridine rings is 2. The molecule has 0 spiro atoms. The van der Waals surface area contributed by atoms with E-state index in [2.05, 4.69) is 25.3 Å². The smallest absolute Gasteiger partial charge is 0.260 e. The van der Waals surface area contributed by atoms with Gasteiger partial charge in [-0.05, 0) is 44.0 Å². The van der Waals surface area contributed by atoms with E-state index in [0.717, 1.165) is 35.1 Å². The maximum absolute atomic E-state index is 13.5. The Kier molecular flexibility index (Phi) is 7.65. The molecule has 2 unspecified atom stereocenters. The van der Waals surface area contributed by atoms with E-state index in [0.29, 0.717) is 17.7 Å². The molecule has 0 radical (unpaired) electrons. The maximum atomic E-state index is 13.5. The van der Waals surface area contributed by atoms with E-state index >= 15 is 0 Å². The lowest BCUT2D eigenvalue weighted by molar-refractivity contribution is 0.106. The van der Waals surface area contributed by atoms with Crippen molar-refractivity contribution in [2.45, 2.75) is 38.8 Å². The molecule has 0 amide bonds. The predicted octanol–water partition coefficient (Wildman–Crippen LogP) is 5.17. The van der Waals surface area contributed by atoms with Crippen molar-refractivity contribution in [2.24, 2.45) is 0 Å². The van der Waals surface area contributed by atoms with E-state index in [1.165, 1.54) is 0 Å². The molecule has 2 atom stereocenters. The molecule has 0 aliphatic rings. The molecule has 3 rings (SSSR count). The standard InChI is InChI=1S/C27H33N3O2/c1-7-22-15-17-30(27(31)26(22)21(4)29(5)16-14-20(3)32-6)19(2)18-24-13-12-23-10-8-9-11-25(23)28-24/h7-13,15,17,19-20H,1,4,14,16,18H2,2-3,5-6H3. The van der Waals surface area contributed by atoms with Crippen molar-refractivity contribution in [1.82, 2.24) is 14.5 Å². The molecular weight excluding hydrogens is 398 g/mol. The molecule has 1 aromatic carbocycles.